The molecule has 3 N–H and O–H groups in total. The highest BCUT2D eigenvalue weighted by atomic mass is 16.1. The van der Waals surface area contributed by atoms with Crippen molar-refractivity contribution in [3.05, 3.63) is 65.7 Å². The molecule has 2 aromatic carbocycles. The molecule has 2 aromatic rings. The first-order chi connectivity index (χ1) is 14.8. The second-order valence-electron chi connectivity index (χ2n) is 9.01. The number of carbonyl (C=O) groups is 1. The maximum atomic E-state index is 12.5. The molecule has 1 atom stereocenters. The van der Waals surface area contributed by atoms with Gasteiger partial charge in [-0.3, -0.25) is 4.79 Å². The predicted octanol–water partition coefficient (Wildman–Crippen LogP) is 3.55. The SMILES string of the molecule is CCNC(=NCc1cccc(C(=O)NC(C)(C)C)c1)NC1CCN(c2ccccc2)C1. The molecule has 31 heavy (non-hydrogen) atoms. The third kappa shape index (κ3) is 7.02. The second-order valence-corrected chi connectivity index (χ2v) is 9.01. The Labute approximate surface area is 186 Å². The molecule has 6 heteroatoms. The quantitative estimate of drug-likeness (QED) is 0.493. The molecule has 0 bridgehead atoms. The van der Waals surface area contributed by atoms with E-state index >= 15 is 0 Å². The van der Waals surface area contributed by atoms with Crippen molar-refractivity contribution in [1.29, 1.82) is 0 Å². The number of amides is 1. The summed E-state index contributed by atoms with van der Waals surface area (Å²) >= 11 is 0. The molecule has 0 saturated carbocycles. The van der Waals surface area contributed by atoms with Gasteiger partial charge in [0.15, 0.2) is 5.96 Å². The smallest absolute Gasteiger partial charge is 0.251 e. The van der Waals surface area contributed by atoms with Crippen LogP contribution in [0.25, 0.3) is 0 Å². The summed E-state index contributed by atoms with van der Waals surface area (Å²) in [7, 11) is 0. The summed E-state index contributed by atoms with van der Waals surface area (Å²) in [5, 5.41) is 9.93. The Kier molecular flexibility index (Phi) is 7.55. The predicted molar refractivity (Wildman–Crippen MR) is 129 cm³/mol. The summed E-state index contributed by atoms with van der Waals surface area (Å²) in [6.07, 6.45) is 1.07. The summed E-state index contributed by atoms with van der Waals surface area (Å²) in [5.41, 5.74) is 2.67. The minimum atomic E-state index is -0.262. The van der Waals surface area contributed by atoms with E-state index in [2.05, 4.69) is 52.0 Å². The number of anilines is 1. The largest absolute Gasteiger partial charge is 0.369 e. The van der Waals surface area contributed by atoms with E-state index in [1.165, 1.54) is 5.69 Å². The molecule has 6 nitrogen and oxygen atoms in total. The van der Waals surface area contributed by atoms with Gasteiger partial charge in [0.2, 0.25) is 0 Å². The topological polar surface area (TPSA) is 68.8 Å². The summed E-state index contributed by atoms with van der Waals surface area (Å²) in [6.45, 7) is 11.3. The number of rotatable bonds is 6. The van der Waals surface area contributed by atoms with Crippen molar-refractivity contribution in [2.24, 2.45) is 4.99 Å². The van der Waals surface area contributed by atoms with Crippen LogP contribution in [-0.2, 0) is 6.54 Å². The number of guanidine groups is 1. The van der Waals surface area contributed by atoms with Crippen molar-refractivity contribution in [2.75, 3.05) is 24.5 Å². The van der Waals surface area contributed by atoms with Gasteiger partial charge in [0.1, 0.15) is 0 Å². The molecular weight excluding hydrogens is 386 g/mol. The average molecular weight is 422 g/mol. The molecule has 0 radical (unpaired) electrons. The van der Waals surface area contributed by atoms with Gasteiger partial charge >= 0.3 is 0 Å². The van der Waals surface area contributed by atoms with Crippen molar-refractivity contribution >= 4 is 17.6 Å². The Balaban J connectivity index is 1.61. The molecule has 1 aliphatic rings. The Morgan fingerprint density at radius 2 is 1.90 bits per heavy atom. The normalized spacial score (nSPS) is 16.8. The fourth-order valence-electron chi connectivity index (χ4n) is 3.66. The Morgan fingerprint density at radius 3 is 2.61 bits per heavy atom. The van der Waals surface area contributed by atoms with E-state index < -0.39 is 0 Å². The van der Waals surface area contributed by atoms with Crippen molar-refractivity contribution in [3.63, 3.8) is 0 Å². The molecule has 3 rings (SSSR count). The first-order valence-corrected chi connectivity index (χ1v) is 11.1. The van der Waals surface area contributed by atoms with Crippen LogP contribution in [0.5, 0.6) is 0 Å². The number of benzene rings is 2. The van der Waals surface area contributed by atoms with Crippen LogP contribution in [0.2, 0.25) is 0 Å². The minimum Gasteiger partial charge on any atom is -0.369 e. The van der Waals surface area contributed by atoms with Crippen LogP contribution in [-0.4, -0.2) is 43.1 Å². The first-order valence-electron chi connectivity index (χ1n) is 11.1. The molecule has 0 spiro atoms. The highest BCUT2D eigenvalue weighted by Gasteiger charge is 2.23. The second kappa shape index (κ2) is 10.3. The van der Waals surface area contributed by atoms with Gasteiger partial charge in [-0.1, -0.05) is 30.3 Å². The first kappa shape index (κ1) is 22.7. The number of nitrogens with zero attached hydrogens (tertiary/aromatic N) is 2. The lowest BCUT2D eigenvalue weighted by molar-refractivity contribution is 0.0919. The Morgan fingerprint density at radius 1 is 1.13 bits per heavy atom. The third-order valence-electron chi connectivity index (χ3n) is 5.09. The maximum Gasteiger partial charge on any atom is 0.251 e. The third-order valence-corrected chi connectivity index (χ3v) is 5.09. The Hall–Kier alpha value is -3.02. The van der Waals surface area contributed by atoms with E-state index in [9.17, 15) is 4.79 Å². The maximum absolute atomic E-state index is 12.5. The number of aliphatic imine (C=N–C) groups is 1. The van der Waals surface area contributed by atoms with E-state index in [1.54, 1.807) is 0 Å². The molecule has 0 aromatic heterocycles. The summed E-state index contributed by atoms with van der Waals surface area (Å²) < 4.78 is 0. The van der Waals surface area contributed by atoms with Crippen molar-refractivity contribution in [1.82, 2.24) is 16.0 Å². The number of hydrogen-bond donors (Lipinski definition) is 3. The fraction of sp³-hybridized carbons (Fsp3) is 0.440. The monoisotopic (exact) mass is 421 g/mol. The zero-order chi connectivity index (χ0) is 22.3. The lowest BCUT2D eigenvalue weighted by Gasteiger charge is -2.21. The van der Waals surface area contributed by atoms with E-state index in [0.29, 0.717) is 18.2 Å². The van der Waals surface area contributed by atoms with Gasteiger partial charge in [-0.25, -0.2) is 4.99 Å². The highest BCUT2D eigenvalue weighted by Crippen LogP contribution is 2.19. The van der Waals surface area contributed by atoms with Crippen molar-refractivity contribution < 1.29 is 4.79 Å². The number of para-hydroxylation sites is 1. The van der Waals surface area contributed by atoms with Gasteiger partial charge in [0.25, 0.3) is 5.91 Å². The lowest BCUT2D eigenvalue weighted by atomic mass is 10.1. The lowest BCUT2D eigenvalue weighted by Crippen LogP contribution is -2.44. The summed E-state index contributed by atoms with van der Waals surface area (Å²) in [6, 6.07) is 18.6. The van der Waals surface area contributed by atoms with E-state index in [-0.39, 0.29) is 11.4 Å². The van der Waals surface area contributed by atoms with Crippen LogP contribution in [0, 0.1) is 0 Å². The van der Waals surface area contributed by atoms with Crippen LogP contribution in [0.1, 0.15) is 50.0 Å². The summed E-state index contributed by atoms with van der Waals surface area (Å²) in [5.74, 6) is 0.752. The standard InChI is InChI=1S/C25H35N5O/c1-5-26-24(28-21-14-15-30(18-21)22-12-7-6-8-13-22)27-17-19-10-9-11-20(16-19)23(31)29-25(2,3)4/h6-13,16,21H,5,14-15,17-18H2,1-4H3,(H,29,31)(H2,26,27,28). The highest BCUT2D eigenvalue weighted by molar-refractivity contribution is 5.94. The molecule has 1 unspecified atom stereocenters. The van der Waals surface area contributed by atoms with Crippen LogP contribution in [0.4, 0.5) is 5.69 Å². The Bertz CT molecular complexity index is 888. The van der Waals surface area contributed by atoms with Crippen molar-refractivity contribution in [2.45, 2.75) is 52.2 Å². The zero-order valence-electron chi connectivity index (χ0n) is 19.1. The minimum absolute atomic E-state index is 0.0599. The molecule has 166 valence electrons. The van der Waals surface area contributed by atoms with Gasteiger partial charge in [0.05, 0.1) is 6.54 Å². The number of nitrogens with one attached hydrogen (secondary N) is 3. The molecular formula is C25H35N5O. The zero-order valence-corrected chi connectivity index (χ0v) is 19.1. The average Bonchev–Trinajstić information content (AvgIpc) is 3.20. The molecule has 1 aliphatic heterocycles. The van der Waals surface area contributed by atoms with Crippen LogP contribution in [0.15, 0.2) is 59.6 Å². The van der Waals surface area contributed by atoms with Gasteiger partial charge in [-0.2, -0.15) is 0 Å². The number of hydrogen-bond acceptors (Lipinski definition) is 3. The molecule has 1 fully saturated rings. The van der Waals surface area contributed by atoms with Gasteiger partial charge in [0, 0.05) is 42.5 Å². The van der Waals surface area contributed by atoms with Crippen LogP contribution in [0.3, 0.4) is 0 Å². The number of carbonyl (C=O) groups excluding carboxylic acids is 1. The van der Waals surface area contributed by atoms with Gasteiger partial charge in [-0.05, 0) is 63.9 Å². The van der Waals surface area contributed by atoms with Gasteiger partial charge < -0.3 is 20.9 Å². The van der Waals surface area contributed by atoms with E-state index in [1.807, 2.05) is 51.1 Å². The van der Waals surface area contributed by atoms with Gasteiger partial charge in [-0.15, -0.1) is 0 Å². The van der Waals surface area contributed by atoms with Crippen LogP contribution >= 0.6 is 0 Å². The fourth-order valence-corrected chi connectivity index (χ4v) is 3.66. The van der Waals surface area contributed by atoms with Crippen LogP contribution < -0.4 is 20.9 Å². The molecule has 1 saturated heterocycles. The molecule has 1 heterocycles. The molecule has 1 amide bonds. The van der Waals surface area contributed by atoms with E-state index in [4.69, 9.17) is 4.99 Å². The van der Waals surface area contributed by atoms with Crippen molar-refractivity contribution in [3.8, 4) is 0 Å². The summed E-state index contributed by atoms with van der Waals surface area (Å²) in [4.78, 5) is 19.6. The molecule has 0 aliphatic carbocycles. The van der Waals surface area contributed by atoms with E-state index in [0.717, 1.165) is 37.6 Å².